The molecule has 3 aromatic rings. The minimum Gasteiger partial charge on any atom is -0.338 e. The first kappa shape index (κ1) is 15.9. The van der Waals surface area contributed by atoms with Crippen molar-refractivity contribution in [3.8, 4) is 0 Å². The fourth-order valence-electron chi connectivity index (χ4n) is 2.55. The number of benzene rings is 2. The van der Waals surface area contributed by atoms with E-state index in [1.807, 2.05) is 22.9 Å². The van der Waals surface area contributed by atoms with Gasteiger partial charge in [0.1, 0.15) is 6.54 Å². The quantitative estimate of drug-likeness (QED) is 0.696. The number of rotatable bonds is 4. The number of carbonyl (C=O) groups excluding carboxylic acids is 1. The number of aryl methyl sites for hydroxylation is 1. The molecule has 2 aromatic carbocycles. The SMILES string of the molecule is CCc1ccc2c(ccn2CC(=O)Nc2cc(Cl)ccc2Cl)c1. The van der Waals surface area contributed by atoms with E-state index in [1.165, 1.54) is 5.56 Å². The summed E-state index contributed by atoms with van der Waals surface area (Å²) in [6, 6.07) is 13.3. The van der Waals surface area contributed by atoms with Gasteiger partial charge in [-0.05, 0) is 53.8 Å². The van der Waals surface area contributed by atoms with Gasteiger partial charge in [0.2, 0.25) is 5.91 Å². The monoisotopic (exact) mass is 346 g/mol. The minimum absolute atomic E-state index is 0.147. The van der Waals surface area contributed by atoms with E-state index in [-0.39, 0.29) is 12.5 Å². The maximum atomic E-state index is 12.3. The molecule has 0 aliphatic heterocycles. The first-order valence-electron chi connectivity index (χ1n) is 7.39. The van der Waals surface area contributed by atoms with Crippen LogP contribution >= 0.6 is 23.2 Å². The molecule has 0 aliphatic carbocycles. The number of halogens is 2. The van der Waals surface area contributed by atoms with Crippen LogP contribution in [0.25, 0.3) is 10.9 Å². The second kappa shape index (κ2) is 6.65. The first-order valence-corrected chi connectivity index (χ1v) is 8.15. The van der Waals surface area contributed by atoms with E-state index in [9.17, 15) is 4.79 Å². The molecular weight excluding hydrogens is 331 g/mol. The van der Waals surface area contributed by atoms with E-state index >= 15 is 0 Å². The van der Waals surface area contributed by atoms with Crippen molar-refractivity contribution in [3.63, 3.8) is 0 Å². The maximum absolute atomic E-state index is 12.3. The number of nitrogens with one attached hydrogen (secondary N) is 1. The second-order valence-electron chi connectivity index (χ2n) is 5.36. The summed E-state index contributed by atoms with van der Waals surface area (Å²) in [7, 11) is 0. The maximum Gasteiger partial charge on any atom is 0.244 e. The van der Waals surface area contributed by atoms with E-state index in [1.54, 1.807) is 18.2 Å². The third-order valence-electron chi connectivity index (χ3n) is 3.76. The Morgan fingerprint density at radius 1 is 1.13 bits per heavy atom. The van der Waals surface area contributed by atoms with E-state index in [0.717, 1.165) is 17.3 Å². The summed E-state index contributed by atoms with van der Waals surface area (Å²) in [5, 5.41) is 4.93. The van der Waals surface area contributed by atoms with E-state index in [4.69, 9.17) is 23.2 Å². The van der Waals surface area contributed by atoms with Crippen LogP contribution in [0.1, 0.15) is 12.5 Å². The molecule has 0 spiro atoms. The predicted octanol–water partition coefficient (Wildman–Crippen LogP) is 5.15. The Balaban J connectivity index is 1.79. The molecule has 3 rings (SSSR count). The Labute approximate surface area is 144 Å². The normalized spacial score (nSPS) is 10.9. The van der Waals surface area contributed by atoms with Gasteiger partial charge in [0, 0.05) is 16.7 Å². The van der Waals surface area contributed by atoms with Gasteiger partial charge in [-0.1, -0.05) is 36.2 Å². The topological polar surface area (TPSA) is 34.0 Å². The molecule has 0 aliphatic rings. The molecule has 0 saturated carbocycles. The molecule has 0 fully saturated rings. The van der Waals surface area contributed by atoms with Gasteiger partial charge in [-0.3, -0.25) is 4.79 Å². The number of amides is 1. The third-order valence-corrected chi connectivity index (χ3v) is 4.32. The number of anilines is 1. The highest BCUT2D eigenvalue weighted by Crippen LogP contribution is 2.25. The van der Waals surface area contributed by atoms with Crippen molar-refractivity contribution >= 4 is 45.7 Å². The van der Waals surface area contributed by atoms with Crippen LogP contribution in [0.15, 0.2) is 48.7 Å². The van der Waals surface area contributed by atoms with Crippen LogP contribution in [0, 0.1) is 0 Å². The van der Waals surface area contributed by atoms with Gasteiger partial charge in [0.25, 0.3) is 0 Å². The predicted molar refractivity (Wildman–Crippen MR) is 96.4 cm³/mol. The second-order valence-corrected chi connectivity index (χ2v) is 6.21. The fourth-order valence-corrected chi connectivity index (χ4v) is 2.88. The van der Waals surface area contributed by atoms with Crippen LogP contribution in [0.2, 0.25) is 10.0 Å². The number of carbonyl (C=O) groups is 1. The molecule has 1 heterocycles. The molecule has 1 aromatic heterocycles. The standard InChI is InChI=1S/C18H16Cl2N2O/c1-2-12-3-6-17-13(9-12)7-8-22(17)11-18(23)21-16-10-14(19)4-5-15(16)20/h3-10H,2,11H2,1H3,(H,21,23). The Morgan fingerprint density at radius 3 is 2.74 bits per heavy atom. The third kappa shape index (κ3) is 3.52. The molecule has 1 N–H and O–H groups in total. The largest absolute Gasteiger partial charge is 0.338 e. The van der Waals surface area contributed by atoms with Gasteiger partial charge in [0.05, 0.1) is 10.7 Å². The van der Waals surface area contributed by atoms with Crippen LogP contribution in [-0.2, 0) is 17.8 Å². The Bertz CT molecular complexity index is 871. The van der Waals surface area contributed by atoms with E-state index in [2.05, 4.69) is 24.4 Å². The van der Waals surface area contributed by atoms with Crippen molar-refractivity contribution in [1.82, 2.24) is 4.57 Å². The van der Waals surface area contributed by atoms with Gasteiger partial charge in [0.15, 0.2) is 0 Å². The average molecular weight is 347 g/mol. The number of nitrogens with zero attached hydrogens (tertiary/aromatic N) is 1. The van der Waals surface area contributed by atoms with E-state index < -0.39 is 0 Å². The highest BCUT2D eigenvalue weighted by atomic mass is 35.5. The fraction of sp³-hybridized carbons (Fsp3) is 0.167. The summed E-state index contributed by atoms with van der Waals surface area (Å²) in [6.45, 7) is 2.35. The van der Waals surface area contributed by atoms with Gasteiger partial charge >= 0.3 is 0 Å². The lowest BCUT2D eigenvalue weighted by Gasteiger charge is -2.09. The summed E-state index contributed by atoms with van der Waals surface area (Å²) >= 11 is 12.0. The van der Waals surface area contributed by atoms with Crippen molar-refractivity contribution in [2.75, 3.05) is 5.32 Å². The molecular formula is C18H16Cl2N2O. The number of aromatic nitrogens is 1. The summed E-state index contributed by atoms with van der Waals surface area (Å²) < 4.78 is 1.92. The number of fused-ring (bicyclic) bond motifs is 1. The zero-order valence-corrected chi connectivity index (χ0v) is 14.2. The minimum atomic E-state index is -0.147. The Kier molecular flexibility index (Phi) is 4.60. The van der Waals surface area contributed by atoms with Crippen molar-refractivity contribution in [3.05, 3.63) is 64.3 Å². The lowest BCUT2D eigenvalue weighted by atomic mass is 10.1. The van der Waals surface area contributed by atoms with Gasteiger partial charge in [-0.15, -0.1) is 0 Å². The van der Waals surface area contributed by atoms with Crippen molar-refractivity contribution in [1.29, 1.82) is 0 Å². The molecule has 23 heavy (non-hydrogen) atoms. The van der Waals surface area contributed by atoms with Crippen LogP contribution in [0.4, 0.5) is 5.69 Å². The van der Waals surface area contributed by atoms with Crippen molar-refractivity contribution in [2.45, 2.75) is 19.9 Å². The van der Waals surface area contributed by atoms with Gasteiger partial charge in [-0.25, -0.2) is 0 Å². The van der Waals surface area contributed by atoms with Crippen LogP contribution in [0.3, 0.4) is 0 Å². The molecule has 0 radical (unpaired) electrons. The zero-order chi connectivity index (χ0) is 16.4. The number of hydrogen-bond donors (Lipinski definition) is 1. The van der Waals surface area contributed by atoms with Crippen molar-refractivity contribution < 1.29 is 4.79 Å². The molecule has 118 valence electrons. The summed E-state index contributed by atoms with van der Waals surface area (Å²) in [5.74, 6) is -0.147. The molecule has 0 bridgehead atoms. The molecule has 0 unspecified atom stereocenters. The highest BCUT2D eigenvalue weighted by molar-refractivity contribution is 6.35. The smallest absolute Gasteiger partial charge is 0.244 e. The first-order chi connectivity index (χ1) is 11.1. The lowest BCUT2D eigenvalue weighted by molar-refractivity contribution is -0.116. The molecule has 0 atom stereocenters. The van der Waals surface area contributed by atoms with Gasteiger partial charge < -0.3 is 9.88 Å². The number of hydrogen-bond acceptors (Lipinski definition) is 1. The average Bonchev–Trinajstić information content (AvgIpc) is 2.93. The Morgan fingerprint density at radius 2 is 1.96 bits per heavy atom. The van der Waals surface area contributed by atoms with Crippen LogP contribution in [-0.4, -0.2) is 10.5 Å². The van der Waals surface area contributed by atoms with Crippen LogP contribution < -0.4 is 5.32 Å². The van der Waals surface area contributed by atoms with Gasteiger partial charge in [-0.2, -0.15) is 0 Å². The zero-order valence-electron chi connectivity index (χ0n) is 12.6. The molecule has 1 amide bonds. The van der Waals surface area contributed by atoms with Crippen molar-refractivity contribution in [2.24, 2.45) is 0 Å². The Hall–Kier alpha value is -1.97. The lowest BCUT2D eigenvalue weighted by Crippen LogP contribution is -2.18. The summed E-state index contributed by atoms with van der Waals surface area (Å²) in [6.07, 6.45) is 2.91. The summed E-state index contributed by atoms with van der Waals surface area (Å²) in [5.41, 5.74) is 2.84. The highest BCUT2D eigenvalue weighted by Gasteiger charge is 2.09. The molecule has 3 nitrogen and oxygen atoms in total. The summed E-state index contributed by atoms with van der Waals surface area (Å²) in [4.78, 5) is 12.3. The molecule has 0 saturated heterocycles. The van der Waals surface area contributed by atoms with Crippen LogP contribution in [0.5, 0.6) is 0 Å². The van der Waals surface area contributed by atoms with E-state index in [0.29, 0.717) is 15.7 Å². The molecule has 5 heteroatoms.